The number of rotatable bonds is 1. The molecule has 1 aliphatic rings. The van der Waals surface area contributed by atoms with Crippen molar-refractivity contribution >= 4 is 0 Å². The Morgan fingerprint density at radius 2 is 1.91 bits per heavy atom. The minimum atomic E-state index is -0.278. The van der Waals surface area contributed by atoms with Gasteiger partial charge in [-0.2, -0.15) is 0 Å². The van der Waals surface area contributed by atoms with Gasteiger partial charge in [0.05, 0.1) is 6.10 Å². The first-order valence-corrected chi connectivity index (χ1v) is 3.95. The standard InChI is InChI=1S/C8H16O2.Y/c1-5-3-7(4-9)8(10)6(5)2;/h5-10H,3-4H2,1-2H3;. The van der Waals surface area contributed by atoms with Crippen LogP contribution in [0.1, 0.15) is 20.3 Å². The molecular formula is C8H16O2Y. The van der Waals surface area contributed by atoms with E-state index in [2.05, 4.69) is 6.92 Å². The number of aliphatic hydroxyl groups excluding tert-OH is 2. The summed E-state index contributed by atoms with van der Waals surface area (Å²) in [6.07, 6.45) is 0.693. The van der Waals surface area contributed by atoms with Gasteiger partial charge in [-0.15, -0.1) is 0 Å². The van der Waals surface area contributed by atoms with Gasteiger partial charge < -0.3 is 10.2 Å². The predicted octanol–water partition coefficient (Wildman–Crippen LogP) is 0.629. The molecule has 1 aliphatic carbocycles. The number of aliphatic hydroxyl groups is 2. The average molecular weight is 233 g/mol. The summed E-state index contributed by atoms with van der Waals surface area (Å²) in [5.41, 5.74) is 0. The molecule has 0 amide bonds. The van der Waals surface area contributed by atoms with Crippen molar-refractivity contribution in [3.8, 4) is 0 Å². The molecule has 0 aliphatic heterocycles. The Morgan fingerprint density at radius 1 is 1.36 bits per heavy atom. The first-order valence-electron chi connectivity index (χ1n) is 3.95. The predicted molar refractivity (Wildman–Crippen MR) is 39.5 cm³/mol. The van der Waals surface area contributed by atoms with Crippen LogP contribution in [-0.4, -0.2) is 22.9 Å². The second kappa shape index (κ2) is 4.91. The molecule has 1 rings (SSSR count). The molecule has 3 heteroatoms. The number of hydrogen-bond donors (Lipinski definition) is 2. The second-order valence-electron chi connectivity index (χ2n) is 3.51. The molecule has 0 heterocycles. The molecule has 63 valence electrons. The molecule has 0 aromatic rings. The molecule has 0 spiro atoms. The van der Waals surface area contributed by atoms with Crippen LogP contribution in [0.2, 0.25) is 0 Å². The molecular weight excluding hydrogens is 217 g/mol. The topological polar surface area (TPSA) is 40.5 Å². The maximum absolute atomic E-state index is 9.47. The molecule has 1 saturated carbocycles. The van der Waals surface area contributed by atoms with Crippen molar-refractivity contribution in [3.05, 3.63) is 0 Å². The van der Waals surface area contributed by atoms with Crippen molar-refractivity contribution in [1.82, 2.24) is 0 Å². The third-order valence-corrected chi connectivity index (χ3v) is 2.83. The summed E-state index contributed by atoms with van der Waals surface area (Å²) < 4.78 is 0. The fourth-order valence-corrected chi connectivity index (χ4v) is 1.78. The quantitative estimate of drug-likeness (QED) is 0.697. The summed E-state index contributed by atoms with van der Waals surface area (Å²) in [6, 6.07) is 0. The molecule has 2 N–H and O–H groups in total. The van der Waals surface area contributed by atoms with Crippen LogP contribution in [0.5, 0.6) is 0 Å². The summed E-state index contributed by atoms with van der Waals surface area (Å²) in [7, 11) is 0. The van der Waals surface area contributed by atoms with Crippen LogP contribution >= 0.6 is 0 Å². The van der Waals surface area contributed by atoms with Crippen LogP contribution in [0.15, 0.2) is 0 Å². The van der Waals surface area contributed by atoms with Gasteiger partial charge in [0.2, 0.25) is 0 Å². The van der Waals surface area contributed by atoms with Crippen LogP contribution in [0.4, 0.5) is 0 Å². The first-order chi connectivity index (χ1) is 4.66. The zero-order valence-electron chi connectivity index (χ0n) is 7.20. The van der Waals surface area contributed by atoms with Crippen molar-refractivity contribution in [1.29, 1.82) is 0 Å². The van der Waals surface area contributed by atoms with E-state index in [9.17, 15) is 5.11 Å². The average Bonchev–Trinajstić information content (AvgIpc) is 2.17. The molecule has 1 radical (unpaired) electrons. The van der Waals surface area contributed by atoms with Crippen molar-refractivity contribution < 1.29 is 42.9 Å². The Morgan fingerprint density at radius 3 is 2.09 bits per heavy atom. The zero-order chi connectivity index (χ0) is 7.72. The Labute approximate surface area is 93.3 Å². The van der Waals surface area contributed by atoms with Gasteiger partial charge in [0.25, 0.3) is 0 Å². The normalized spacial score (nSPS) is 43.6. The summed E-state index contributed by atoms with van der Waals surface area (Å²) in [5.74, 6) is 1.05. The van der Waals surface area contributed by atoms with Gasteiger partial charge in [-0.25, -0.2) is 0 Å². The third kappa shape index (κ3) is 2.48. The Balaban J connectivity index is 0.000001000. The van der Waals surface area contributed by atoms with Gasteiger partial charge in [-0.3, -0.25) is 0 Å². The first kappa shape index (κ1) is 12.0. The van der Waals surface area contributed by atoms with Crippen LogP contribution in [0.25, 0.3) is 0 Å². The molecule has 4 atom stereocenters. The SMILES string of the molecule is CC1CC(CO)C(O)C1C.[Y]. The van der Waals surface area contributed by atoms with Crippen LogP contribution in [0.3, 0.4) is 0 Å². The van der Waals surface area contributed by atoms with Crippen LogP contribution in [-0.2, 0) is 32.7 Å². The summed E-state index contributed by atoms with van der Waals surface area (Å²) in [4.78, 5) is 0. The molecule has 0 aromatic carbocycles. The summed E-state index contributed by atoms with van der Waals surface area (Å²) >= 11 is 0. The number of hydrogen-bond acceptors (Lipinski definition) is 2. The maximum atomic E-state index is 9.47. The smallest absolute Gasteiger partial charge is 0.0618 e. The maximum Gasteiger partial charge on any atom is 0.0618 e. The Bertz CT molecular complexity index is 119. The van der Waals surface area contributed by atoms with E-state index in [4.69, 9.17) is 5.11 Å². The van der Waals surface area contributed by atoms with E-state index < -0.39 is 0 Å². The van der Waals surface area contributed by atoms with Gasteiger partial charge in [-0.1, -0.05) is 13.8 Å². The van der Waals surface area contributed by atoms with E-state index in [0.717, 1.165) is 6.42 Å². The van der Waals surface area contributed by atoms with Crippen molar-refractivity contribution in [2.45, 2.75) is 26.4 Å². The second-order valence-corrected chi connectivity index (χ2v) is 3.51. The molecule has 0 bridgehead atoms. The van der Waals surface area contributed by atoms with Crippen molar-refractivity contribution in [3.63, 3.8) is 0 Å². The van der Waals surface area contributed by atoms with Gasteiger partial charge >= 0.3 is 0 Å². The monoisotopic (exact) mass is 233 g/mol. The van der Waals surface area contributed by atoms with Crippen LogP contribution < -0.4 is 0 Å². The Kier molecular flexibility index (Phi) is 5.36. The fraction of sp³-hybridized carbons (Fsp3) is 1.00. The molecule has 2 nitrogen and oxygen atoms in total. The van der Waals surface area contributed by atoms with E-state index in [1.807, 2.05) is 6.92 Å². The molecule has 0 aromatic heterocycles. The molecule has 1 fully saturated rings. The Hall–Kier alpha value is 1.02. The van der Waals surface area contributed by atoms with Gasteiger partial charge in [-0.05, 0) is 18.3 Å². The summed E-state index contributed by atoms with van der Waals surface area (Å²) in [5, 5.41) is 18.3. The minimum absolute atomic E-state index is 0. The molecule has 11 heavy (non-hydrogen) atoms. The van der Waals surface area contributed by atoms with E-state index in [-0.39, 0.29) is 51.3 Å². The molecule has 4 unspecified atom stereocenters. The minimum Gasteiger partial charge on any atom is -0.396 e. The van der Waals surface area contributed by atoms with Gasteiger partial charge in [0, 0.05) is 45.2 Å². The third-order valence-electron chi connectivity index (χ3n) is 2.83. The van der Waals surface area contributed by atoms with Gasteiger partial charge in [0.1, 0.15) is 0 Å². The van der Waals surface area contributed by atoms with E-state index in [1.165, 1.54) is 0 Å². The fourth-order valence-electron chi connectivity index (χ4n) is 1.78. The van der Waals surface area contributed by atoms with E-state index in [0.29, 0.717) is 11.8 Å². The zero-order valence-corrected chi connectivity index (χ0v) is 10.0. The van der Waals surface area contributed by atoms with E-state index >= 15 is 0 Å². The summed E-state index contributed by atoms with van der Waals surface area (Å²) in [6.45, 7) is 4.31. The van der Waals surface area contributed by atoms with Crippen molar-refractivity contribution in [2.75, 3.05) is 6.61 Å². The van der Waals surface area contributed by atoms with Crippen molar-refractivity contribution in [2.24, 2.45) is 17.8 Å². The largest absolute Gasteiger partial charge is 0.396 e. The van der Waals surface area contributed by atoms with Gasteiger partial charge in [0.15, 0.2) is 0 Å². The van der Waals surface area contributed by atoms with E-state index in [1.54, 1.807) is 0 Å². The molecule has 0 saturated heterocycles. The van der Waals surface area contributed by atoms with Crippen LogP contribution in [0, 0.1) is 17.8 Å².